The van der Waals surface area contributed by atoms with Crippen molar-refractivity contribution in [3.63, 3.8) is 0 Å². The van der Waals surface area contributed by atoms with Crippen LogP contribution in [0.25, 0.3) is 43.6 Å². The molecule has 502 valence electrons. The summed E-state index contributed by atoms with van der Waals surface area (Å²) in [5.74, 6) is -0.311. The summed E-state index contributed by atoms with van der Waals surface area (Å²) in [7, 11) is 3.50. The molecule has 6 aliphatic rings. The van der Waals surface area contributed by atoms with E-state index in [1.807, 2.05) is 19.0 Å². The number of piperidine rings is 2. The van der Waals surface area contributed by atoms with Crippen LogP contribution in [0.2, 0.25) is 20.4 Å². The van der Waals surface area contributed by atoms with Crippen molar-refractivity contribution >= 4 is 111 Å². The number of nitrogens with zero attached hydrogens (tertiary/aromatic N) is 14. The lowest BCUT2D eigenvalue weighted by Gasteiger charge is -2.29. The van der Waals surface area contributed by atoms with Crippen molar-refractivity contribution in [3.05, 3.63) is 68.6 Å². The zero-order chi connectivity index (χ0) is 64.5. The summed E-state index contributed by atoms with van der Waals surface area (Å²) in [6.45, 7) is 7.23. The van der Waals surface area contributed by atoms with Crippen LogP contribution in [0.4, 0.5) is 20.4 Å². The van der Waals surface area contributed by atoms with Crippen LogP contribution >= 0.6 is 46.4 Å². The van der Waals surface area contributed by atoms with Gasteiger partial charge in [0.2, 0.25) is 26.8 Å². The average Bonchev–Trinajstić information content (AvgIpc) is 1.08. The number of likely N-dealkylation sites (tertiary alicyclic amines) is 2. The zero-order valence-electron chi connectivity index (χ0n) is 51.5. The fourth-order valence-electron chi connectivity index (χ4n) is 12.6. The molecule has 2 aromatic carbocycles. The van der Waals surface area contributed by atoms with Crippen LogP contribution < -0.4 is 24.0 Å². The Balaban J connectivity index is 0.000000167. The van der Waals surface area contributed by atoms with E-state index < -0.39 is 21.5 Å². The van der Waals surface area contributed by atoms with Gasteiger partial charge in [0.1, 0.15) is 66.9 Å². The Morgan fingerprint density at radius 3 is 1.47 bits per heavy atom. The fraction of sp³-hybridized carbons (Fsp3) is 0.548. The van der Waals surface area contributed by atoms with Gasteiger partial charge in [-0.05, 0) is 103 Å². The molecule has 0 bridgehead atoms. The molecule has 6 fully saturated rings. The first-order valence-corrected chi connectivity index (χ1v) is 34.3. The number of hydrogen-bond acceptors (Lipinski definition) is 22. The van der Waals surface area contributed by atoms with Gasteiger partial charge in [0.15, 0.2) is 24.0 Å². The molecule has 31 heteroatoms. The van der Waals surface area contributed by atoms with Gasteiger partial charge < -0.3 is 53.0 Å². The molecule has 0 aliphatic carbocycles. The zero-order valence-corrected chi connectivity index (χ0v) is 55.4. The first-order valence-electron chi connectivity index (χ1n) is 30.9. The fourth-order valence-corrected chi connectivity index (χ4v) is 13.9. The van der Waals surface area contributed by atoms with Gasteiger partial charge >= 0.3 is 6.01 Å². The Morgan fingerprint density at radius 1 is 0.570 bits per heavy atom. The molecule has 8 aromatic rings. The number of sulfone groups is 1. The lowest BCUT2D eigenvalue weighted by Crippen LogP contribution is -2.33. The summed E-state index contributed by atoms with van der Waals surface area (Å²) in [4.78, 5) is 35.5. The molecule has 24 nitrogen and oxygen atoms in total. The Labute approximate surface area is 557 Å². The van der Waals surface area contributed by atoms with Crippen LogP contribution in [0, 0.1) is 11.6 Å². The number of pyridine rings is 2. The summed E-state index contributed by atoms with van der Waals surface area (Å²) in [5, 5.41) is 19.6. The van der Waals surface area contributed by atoms with Gasteiger partial charge in [0.05, 0.1) is 57.2 Å². The molecule has 2 unspecified atom stereocenters. The molecule has 6 aliphatic heterocycles. The highest BCUT2D eigenvalue weighted by Crippen LogP contribution is 2.45. The van der Waals surface area contributed by atoms with Crippen LogP contribution in [0.3, 0.4) is 0 Å². The summed E-state index contributed by atoms with van der Waals surface area (Å²) >= 11 is 25.9. The number of halogens is 6. The Morgan fingerprint density at radius 2 is 1.03 bits per heavy atom. The van der Waals surface area contributed by atoms with E-state index >= 15 is 8.78 Å². The first kappa shape index (κ1) is 68.4. The number of hydrogen-bond donors (Lipinski definition) is 1. The number of likely N-dealkylation sites (N-methyl/N-ethyl adjacent to an activating group) is 2. The van der Waals surface area contributed by atoms with Gasteiger partial charge in [-0.15, -0.1) is 0 Å². The second kappa shape index (κ2) is 29.6. The van der Waals surface area contributed by atoms with Crippen LogP contribution in [0.1, 0.15) is 96.9 Å². The molecule has 0 saturated carbocycles. The molecule has 93 heavy (non-hydrogen) atoms. The van der Waals surface area contributed by atoms with E-state index in [0.29, 0.717) is 82.6 Å². The third-order valence-electron chi connectivity index (χ3n) is 17.2. The van der Waals surface area contributed by atoms with Gasteiger partial charge in [-0.2, -0.15) is 30.1 Å². The topological polar surface area (TPSA) is 245 Å². The van der Waals surface area contributed by atoms with Crippen molar-refractivity contribution in [2.75, 3.05) is 110 Å². The largest absolute Gasteiger partial charge is 0.456 e. The molecule has 6 aromatic heterocycles. The van der Waals surface area contributed by atoms with Crippen molar-refractivity contribution in [1.82, 2.24) is 59.3 Å². The summed E-state index contributed by atoms with van der Waals surface area (Å²) < 4.78 is 100. The van der Waals surface area contributed by atoms with E-state index in [1.54, 1.807) is 41.9 Å². The highest BCUT2D eigenvalue weighted by Gasteiger charge is 2.36. The van der Waals surface area contributed by atoms with Crippen molar-refractivity contribution < 1.29 is 55.5 Å². The standard InChI is InChI=1S/C30H34Cl2FN7O4.C25H25Cl2FN6O4S.C6H13NO2.CH4/c1-38-15-21(41-2)22(16-38)43-30-36-26-17(28(37-30)39-9-5-3-6-10-39)12-23(31)35-29(26)44-27-18-14-34-40(24-8-4-7-11-42-24)20(18)13-19(33)25(27)32;1-39(35,36)25-31-21-14(23(32-25)33-8-4-2-5-9-33)11-18(26)30-24(21)38-22-15-13-29-34(19-7-3-6-10-37-19)17(15)12-16(28)20(22)27;1-7-3-5(8)6(4-7)9-2;/h12-14,21-22,24H,3-11,15-16H2,1-2H3;11-13,19H,2-10H2,1H3;5-6,8H,3-4H2,1-2H3;1H4/t21-,22-,24?;;5-,6-;/m1.1./s1. The third-order valence-corrected chi connectivity index (χ3v) is 19.2. The van der Waals surface area contributed by atoms with Crippen molar-refractivity contribution in [1.29, 1.82) is 0 Å². The van der Waals surface area contributed by atoms with Gasteiger partial charge in [-0.1, -0.05) is 53.8 Å². The van der Waals surface area contributed by atoms with Gasteiger partial charge in [0.25, 0.3) is 0 Å². The number of ether oxygens (including phenoxy) is 7. The van der Waals surface area contributed by atoms with Crippen molar-refractivity contribution in [2.45, 2.75) is 127 Å². The van der Waals surface area contributed by atoms with Crippen LogP contribution in [-0.4, -0.2) is 197 Å². The van der Waals surface area contributed by atoms with Gasteiger partial charge in [-0.3, -0.25) is 4.90 Å². The molecule has 0 radical (unpaired) electrons. The lowest BCUT2D eigenvalue weighted by molar-refractivity contribution is -0.0368. The second-order valence-corrected chi connectivity index (χ2v) is 27.4. The van der Waals surface area contributed by atoms with E-state index in [1.165, 1.54) is 18.3 Å². The molecule has 12 heterocycles. The SMILES string of the molecule is C.CO[C@@H]1CN(C)C[C@H]1O.CO[C@@H]1CN(C)C[C@H]1Oc1nc(N2CCCCC2)c2cc(Cl)nc(Oc3c(Cl)c(F)cc4c3cnn4C3CCCCO3)c2n1.CS(=O)(=O)c1nc(N2CCCCC2)c2cc(Cl)nc(Oc3c(Cl)c(F)cc4c3cnn4C3CCCCO3)c2n1. The number of aromatic nitrogens is 10. The van der Waals surface area contributed by atoms with Crippen LogP contribution in [0.15, 0.2) is 41.8 Å². The number of methoxy groups -OCH3 is 2. The minimum absolute atomic E-state index is 0. The minimum atomic E-state index is -3.79. The van der Waals surface area contributed by atoms with Crippen molar-refractivity contribution in [2.24, 2.45) is 0 Å². The Bertz CT molecular complexity index is 4100. The molecular weight excluding hydrogens is 1310 g/mol. The number of rotatable bonds is 13. The second-order valence-electron chi connectivity index (χ2n) is 23.9. The Kier molecular flexibility index (Phi) is 21.8. The highest BCUT2D eigenvalue weighted by molar-refractivity contribution is 7.90. The quantitative estimate of drug-likeness (QED) is 0.0832. The van der Waals surface area contributed by atoms with E-state index in [-0.39, 0.29) is 105 Å². The Hall–Kier alpha value is -5.95. The normalized spacial score (nSPS) is 22.4. The molecule has 6 atom stereocenters. The highest BCUT2D eigenvalue weighted by atomic mass is 35.5. The monoisotopic (exact) mass is 1390 g/mol. The molecule has 0 spiro atoms. The number of fused-ring (bicyclic) bond motifs is 4. The minimum Gasteiger partial charge on any atom is -0.456 e. The third kappa shape index (κ3) is 14.9. The van der Waals surface area contributed by atoms with E-state index in [9.17, 15) is 13.5 Å². The number of aliphatic hydroxyl groups is 1. The summed E-state index contributed by atoms with van der Waals surface area (Å²) in [6.07, 6.45) is 14.4. The van der Waals surface area contributed by atoms with Crippen LogP contribution in [0.5, 0.6) is 29.3 Å². The predicted molar refractivity (Wildman–Crippen MR) is 351 cm³/mol. The number of benzene rings is 2. The van der Waals surface area contributed by atoms with Gasteiger partial charge in [-0.25, -0.2) is 36.5 Å². The molecule has 1 N–H and O–H groups in total. The van der Waals surface area contributed by atoms with E-state index in [4.69, 9.17) is 89.5 Å². The average molecular weight is 1390 g/mol. The lowest BCUT2D eigenvalue weighted by atomic mass is 10.1. The van der Waals surface area contributed by atoms with Crippen molar-refractivity contribution in [3.8, 4) is 29.3 Å². The summed E-state index contributed by atoms with van der Waals surface area (Å²) in [6, 6.07) is 6.11. The number of β-amino-alcohol motifs (C(OH)–C–C–N with tert-alkyl or cyclic N) is 1. The molecular formula is C62H76Cl4F2N14O10S. The van der Waals surface area contributed by atoms with E-state index in [2.05, 4.69) is 44.8 Å². The van der Waals surface area contributed by atoms with E-state index in [0.717, 1.165) is 116 Å². The predicted octanol–water partition coefficient (Wildman–Crippen LogP) is 11.7. The van der Waals surface area contributed by atoms with Crippen LogP contribution in [-0.2, 0) is 28.8 Å². The first-order chi connectivity index (χ1) is 44.3. The molecule has 14 rings (SSSR count). The number of anilines is 2. The smallest absolute Gasteiger partial charge is 0.319 e. The maximum absolute atomic E-state index is 15.3. The maximum Gasteiger partial charge on any atom is 0.319 e. The molecule has 0 amide bonds. The van der Waals surface area contributed by atoms with Gasteiger partial charge in [0, 0.05) is 98.2 Å². The number of aliphatic hydroxyl groups excluding tert-OH is 1. The molecule has 6 saturated heterocycles. The maximum atomic E-state index is 15.3. The summed E-state index contributed by atoms with van der Waals surface area (Å²) in [5.41, 5.74) is 1.43.